The molecule has 0 saturated carbocycles. The molecule has 0 saturated heterocycles. The highest BCUT2D eigenvalue weighted by molar-refractivity contribution is 5.90. The zero-order valence-electron chi connectivity index (χ0n) is 10.5. The number of hydrogen-bond donors (Lipinski definition) is 0. The van der Waals surface area contributed by atoms with Gasteiger partial charge in [-0.05, 0) is 23.1 Å². The minimum Gasteiger partial charge on any atom is -0.496 e. The first kappa shape index (κ1) is 12.6. The summed E-state index contributed by atoms with van der Waals surface area (Å²) in [6.07, 6.45) is 0. The second-order valence-electron chi connectivity index (χ2n) is 4.66. The lowest BCUT2D eigenvalue weighted by molar-refractivity contribution is 0.0600. The average molecular weight is 222 g/mol. The molecule has 0 aliphatic rings. The Morgan fingerprint density at radius 2 is 1.81 bits per heavy atom. The molecule has 3 nitrogen and oxygen atoms in total. The van der Waals surface area contributed by atoms with Crippen LogP contribution in [0.3, 0.4) is 0 Å². The number of carbonyl (C=O) groups is 1. The number of carbonyl (C=O) groups excluding carboxylic acids is 1. The van der Waals surface area contributed by atoms with Crippen LogP contribution in [0.4, 0.5) is 0 Å². The normalized spacial score (nSPS) is 11.1. The van der Waals surface area contributed by atoms with Crippen LogP contribution in [-0.2, 0) is 10.2 Å². The lowest BCUT2D eigenvalue weighted by Gasteiger charge is -2.22. The molecule has 0 aromatic heterocycles. The van der Waals surface area contributed by atoms with Crippen LogP contribution in [0.1, 0.15) is 36.7 Å². The highest BCUT2D eigenvalue weighted by atomic mass is 16.5. The summed E-state index contributed by atoms with van der Waals surface area (Å²) in [5.41, 5.74) is 1.56. The fourth-order valence-electron chi connectivity index (χ4n) is 1.56. The molecule has 0 amide bonds. The monoisotopic (exact) mass is 222 g/mol. The van der Waals surface area contributed by atoms with Crippen LogP contribution in [0.15, 0.2) is 18.2 Å². The predicted molar refractivity (Wildman–Crippen MR) is 63.0 cm³/mol. The first-order chi connectivity index (χ1) is 7.40. The molecular weight excluding hydrogens is 204 g/mol. The third-order valence-electron chi connectivity index (χ3n) is 2.43. The third kappa shape index (κ3) is 2.54. The molecule has 0 bridgehead atoms. The minimum absolute atomic E-state index is 0.0139. The maximum atomic E-state index is 11.4. The largest absolute Gasteiger partial charge is 0.496 e. The number of benzene rings is 1. The smallest absolute Gasteiger partial charge is 0.337 e. The van der Waals surface area contributed by atoms with E-state index in [0.29, 0.717) is 5.56 Å². The molecule has 0 heterocycles. The Kier molecular flexibility index (Phi) is 3.58. The van der Waals surface area contributed by atoms with Gasteiger partial charge in [-0.2, -0.15) is 0 Å². The Balaban J connectivity index is 3.22. The van der Waals surface area contributed by atoms with Crippen LogP contribution in [0.25, 0.3) is 0 Å². The molecule has 88 valence electrons. The molecule has 0 aliphatic carbocycles. The quantitative estimate of drug-likeness (QED) is 0.722. The summed E-state index contributed by atoms with van der Waals surface area (Å²) in [7, 11) is 2.97. The van der Waals surface area contributed by atoms with Gasteiger partial charge in [-0.1, -0.05) is 26.8 Å². The van der Waals surface area contributed by atoms with E-state index in [4.69, 9.17) is 4.74 Å². The number of esters is 1. The Bertz CT molecular complexity index is 389. The highest BCUT2D eigenvalue weighted by Crippen LogP contribution is 2.31. The predicted octanol–water partition coefficient (Wildman–Crippen LogP) is 2.78. The first-order valence-corrected chi connectivity index (χ1v) is 5.17. The van der Waals surface area contributed by atoms with E-state index in [0.717, 1.165) is 11.3 Å². The summed E-state index contributed by atoms with van der Waals surface area (Å²) in [6, 6.07) is 5.38. The van der Waals surface area contributed by atoms with Crippen LogP contribution in [-0.4, -0.2) is 20.2 Å². The maximum Gasteiger partial charge on any atom is 0.337 e. The van der Waals surface area contributed by atoms with E-state index in [1.165, 1.54) is 7.11 Å². The van der Waals surface area contributed by atoms with E-state index in [1.54, 1.807) is 19.2 Å². The van der Waals surface area contributed by atoms with E-state index >= 15 is 0 Å². The van der Waals surface area contributed by atoms with Crippen molar-refractivity contribution in [1.29, 1.82) is 0 Å². The Labute approximate surface area is 96.4 Å². The third-order valence-corrected chi connectivity index (χ3v) is 2.43. The summed E-state index contributed by atoms with van der Waals surface area (Å²) in [6.45, 7) is 6.30. The molecule has 16 heavy (non-hydrogen) atoms. The van der Waals surface area contributed by atoms with E-state index in [-0.39, 0.29) is 11.4 Å². The topological polar surface area (TPSA) is 35.5 Å². The number of hydrogen-bond acceptors (Lipinski definition) is 3. The Morgan fingerprint density at radius 3 is 2.25 bits per heavy atom. The molecule has 1 rings (SSSR count). The summed E-state index contributed by atoms with van der Waals surface area (Å²) in [5, 5.41) is 0. The number of rotatable bonds is 2. The van der Waals surface area contributed by atoms with Crippen molar-refractivity contribution in [2.45, 2.75) is 26.2 Å². The van der Waals surface area contributed by atoms with Gasteiger partial charge >= 0.3 is 5.97 Å². The fourth-order valence-corrected chi connectivity index (χ4v) is 1.56. The summed E-state index contributed by atoms with van der Waals surface area (Å²) < 4.78 is 9.97. The van der Waals surface area contributed by atoms with Crippen LogP contribution in [0.2, 0.25) is 0 Å². The fraction of sp³-hybridized carbons (Fsp3) is 0.462. The van der Waals surface area contributed by atoms with Crippen molar-refractivity contribution in [3.8, 4) is 5.75 Å². The average Bonchev–Trinajstić information content (AvgIpc) is 2.25. The van der Waals surface area contributed by atoms with Crippen molar-refractivity contribution in [3.63, 3.8) is 0 Å². The number of methoxy groups -OCH3 is 2. The second-order valence-corrected chi connectivity index (χ2v) is 4.66. The van der Waals surface area contributed by atoms with Gasteiger partial charge in [-0.15, -0.1) is 0 Å². The highest BCUT2D eigenvalue weighted by Gasteiger charge is 2.20. The van der Waals surface area contributed by atoms with Crippen molar-refractivity contribution in [2.24, 2.45) is 0 Å². The van der Waals surface area contributed by atoms with Gasteiger partial charge in [0.2, 0.25) is 0 Å². The SMILES string of the molecule is COC(=O)c1ccc(C(C)(C)C)c(OC)c1. The van der Waals surface area contributed by atoms with Gasteiger partial charge in [-0.25, -0.2) is 4.79 Å². The standard InChI is InChI=1S/C13H18O3/c1-13(2,3)10-7-6-9(12(14)16-5)8-11(10)15-4/h6-8H,1-5H3. The van der Waals surface area contributed by atoms with Gasteiger partial charge in [0.1, 0.15) is 5.75 Å². The van der Waals surface area contributed by atoms with Crippen molar-refractivity contribution in [2.75, 3.05) is 14.2 Å². The maximum absolute atomic E-state index is 11.4. The lowest BCUT2D eigenvalue weighted by Crippen LogP contribution is -2.13. The zero-order valence-corrected chi connectivity index (χ0v) is 10.5. The Hall–Kier alpha value is -1.51. The zero-order chi connectivity index (χ0) is 12.3. The van der Waals surface area contributed by atoms with Crippen molar-refractivity contribution in [3.05, 3.63) is 29.3 Å². The second kappa shape index (κ2) is 4.56. The van der Waals surface area contributed by atoms with Gasteiger partial charge < -0.3 is 9.47 Å². The summed E-state index contributed by atoms with van der Waals surface area (Å²) in [4.78, 5) is 11.4. The first-order valence-electron chi connectivity index (χ1n) is 5.17. The van der Waals surface area contributed by atoms with Gasteiger partial charge in [0.05, 0.1) is 19.8 Å². The molecule has 0 spiro atoms. The molecule has 3 heteroatoms. The molecule has 1 aromatic carbocycles. The van der Waals surface area contributed by atoms with Gasteiger partial charge in [0, 0.05) is 0 Å². The van der Waals surface area contributed by atoms with Gasteiger partial charge in [0.15, 0.2) is 0 Å². The van der Waals surface area contributed by atoms with Crippen molar-refractivity contribution >= 4 is 5.97 Å². The van der Waals surface area contributed by atoms with Crippen LogP contribution >= 0.6 is 0 Å². The molecule has 0 radical (unpaired) electrons. The molecule has 1 aromatic rings. The van der Waals surface area contributed by atoms with Crippen LogP contribution < -0.4 is 4.74 Å². The summed E-state index contributed by atoms with van der Waals surface area (Å²) in [5.74, 6) is 0.370. The van der Waals surface area contributed by atoms with Crippen LogP contribution in [0.5, 0.6) is 5.75 Å². The lowest BCUT2D eigenvalue weighted by atomic mass is 9.86. The molecule has 0 fully saturated rings. The molecular formula is C13H18O3. The molecule has 0 atom stereocenters. The van der Waals surface area contributed by atoms with Gasteiger partial charge in [0.25, 0.3) is 0 Å². The van der Waals surface area contributed by atoms with E-state index in [1.807, 2.05) is 6.07 Å². The Morgan fingerprint density at radius 1 is 1.19 bits per heavy atom. The molecule has 0 unspecified atom stereocenters. The number of ether oxygens (including phenoxy) is 2. The molecule has 0 aliphatic heterocycles. The van der Waals surface area contributed by atoms with Crippen LogP contribution in [0, 0.1) is 0 Å². The van der Waals surface area contributed by atoms with Crippen molar-refractivity contribution < 1.29 is 14.3 Å². The molecule has 0 N–H and O–H groups in total. The van der Waals surface area contributed by atoms with E-state index in [2.05, 4.69) is 25.5 Å². The van der Waals surface area contributed by atoms with Crippen molar-refractivity contribution in [1.82, 2.24) is 0 Å². The van der Waals surface area contributed by atoms with E-state index < -0.39 is 0 Å². The van der Waals surface area contributed by atoms with E-state index in [9.17, 15) is 4.79 Å². The van der Waals surface area contributed by atoms with Gasteiger partial charge in [-0.3, -0.25) is 0 Å². The summed E-state index contributed by atoms with van der Waals surface area (Å²) >= 11 is 0. The minimum atomic E-state index is -0.348.